The summed E-state index contributed by atoms with van der Waals surface area (Å²) in [5.41, 5.74) is 0.914. The van der Waals surface area contributed by atoms with Gasteiger partial charge in [0.25, 0.3) is 0 Å². The molecule has 0 saturated heterocycles. The molecule has 1 aromatic carbocycles. The van der Waals surface area contributed by atoms with E-state index >= 15 is 0 Å². The molecule has 0 radical (unpaired) electrons. The summed E-state index contributed by atoms with van der Waals surface area (Å²) in [6.45, 7) is 3.30. The molecule has 0 aliphatic carbocycles. The van der Waals surface area contributed by atoms with Crippen molar-refractivity contribution in [2.75, 3.05) is 13.4 Å². The molecule has 0 amide bonds. The van der Waals surface area contributed by atoms with Crippen molar-refractivity contribution in [2.24, 2.45) is 0 Å². The van der Waals surface area contributed by atoms with E-state index in [1.54, 1.807) is 21.0 Å². The molecule has 1 unspecified atom stereocenters. The molecule has 0 heterocycles. The Bertz CT molecular complexity index is 509. The van der Waals surface area contributed by atoms with Crippen LogP contribution in [0.3, 0.4) is 0 Å². The quantitative estimate of drug-likeness (QED) is 0.783. The van der Waals surface area contributed by atoms with E-state index in [1.165, 1.54) is 6.26 Å². The van der Waals surface area contributed by atoms with Crippen molar-refractivity contribution in [1.82, 2.24) is 0 Å². The topological polar surface area (TPSA) is 43.4 Å². The largest absolute Gasteiger partial charge is 0.496 e. The molecule has 1 aromatic rings. The van der Waals surface area contributed by atoms with E-state index in [0.717, 1.165) is 11.3 Å². The third-order valence-electron chi connectivity index (χ3n) is 3.30. The summed E-state index contributed by atoms with van der Waals surface area (Å²) in [5.74, 6) is 0.729. The van der Waals surface area contributed by atoms with Gasteiger partial charge in [-0.2, -0.15) is 0 Å². The van der Waals surface area contributed by atoms with E-state index in [-0.39, 0.29) is 0 Å². The summed E-state index contributed by atoms with van der Waals surface area (Å²) in [5, 5.41) is -0.510. The van der Waals surface area contributed by atoms with E-state index < -0.39 is 20.0 Å². The zero-order valence-electron chi connectivity index (χ0n) is 11.1. The molecule has 0 spiro atoms. The predicted octanol–water partition coefficient (Wildman–Crippen LogP) is 2.67. The maximum absolute atomic E-state index is 11.7. The van der Waals surface area contributed by atoms with E-state index in [9.17, 15) is 8.42 Å². The highest BCUT2D eigenvalue weighted by Crippen LogP contribution is 2.30. The molecule has 0 N–H and O–H groups in total. The molecule has 18 heavy (non-hydrogen) atoms. The highest BCUT2D eigenvalue weighted by atomic mass is 35.5. The second-order valence-electron chi connectivity index (χ2n) is 4.86. The molecule has 0 saturated carbocycles. The number of rotatable bonds is 5. The fourth-order valence-electron chi connectivity index (χ4n) is 1.54. The average molecular weight is 291 g/mol. The van der Waals surface area contributed by atoms with Crippen molar-refractivity contribution < 1.29 is 13.2 Å². The maximum Gasteiger partial charge on any atom is 0.154 e. The smallest absolute Gasteiger partial charge is 0.154 e. The van der Waals surface area contributed by atoms with Crippen LogP contribution >= 0.6 is 11.6 Å². The van der Waals surface area contributed by atoms with Crippen LogP contribution in [0.4, 0.5) is 0 Å². The van der Waals surface area contributed by atoms with Crippen LogP contribution in [0.15, 0.2) is 24.3 Å². The number of methoxy groups -OCH3 is 1. The van der Waals surface area contributed by atoms with Crippen LogP contribution < -0.4 is 4.74 Å². The van der Waals surface area contributed by atoms with E-state index in [2.05, 4.69) is 0 Å². The molecule has 3 nitrogen and oxygen atoms in total. The predicted molar refractivity (Wildman–Crippen MR) is 75.3 cm³/mol. The fraction of sp³-hybridized carbons (Fsp3) is 0.538. The standard InChI is InChI=1S/C13H19ClO3S/c1-13(2,18(4,15)16)12(14)9-10-7-5-6-8-11(10)17-3/h5-8,12H,9H2,1-4H3. The summed E-state index contributed by atoms with van der Waals surface area (Å²) in [7, 11) is -1.63. The van der Waals surface area contributed by atoms with Crippen molar-refractivity contribution in [1.29, 1.82) is 0 Å². The molecular weight excluding hydrogens is 272 g/mol. The molecule has 1 rings (SSSR count). The van der Waals surface area contributed by atoms with Gasteiger partial charge in [-0.1, -0.05) is 18.2 Å². The average Bonchev–Trinajstić information content (AvgIpc) is 2.28. The van der Waals surface area contributed by atoms with Gasteiger partial charge in [0.1, 0.15) is 5.75 Å². The Balaban J connectivity index is 2.98. The van der Waals surface area contributed by atoms with Gasteiger partial charge in [0.15, 0.2) is 9.84 Å². The molecule has 0 aliphatic heterocycles. The fourth-order valence-corrected chi connectivity index (χ4v) is 2.74. The van der Waals surface area contributed by atoms with Gasteiger partial charge in [0.05, 0.1) is 17.2 Å². The van der Waals surface area contributed by atoms with Crippen molar-refractivity contribution >= 4 is 21.4 Å². The molecule has 0 bridgehead atoms. The van der Waals surface area contributed by atoms with Crippen molar-refractivity contribution in [3.05, 3.63) is 29.8 Å². The van der Waals surface area contributed by atoms with E-state index in [1.807, 2.05) is 24.3 Å². The van der Waals surface area contributed by atoms with Gasteiger partial charge >= 0.3 is 0 Å². The van der Waals surface area contributed by atoms with Gasteiger partial charge in [-0.3, -0.25) is 0 Å². The molecule has 5 heteroatoms. The van der Waals surface area contributed by atoms with Crippen LogP contribution in [0, 0.1) is 0 Å². The lowest BCUT2D eigenvalue weighted by Gasteiger charge is -2.28. The highest BCUT2D eigenvalue weighted by Gasteiger charge is 2.38. The number of para-hydroxylation sites is 1. The third kappa shape index (κ3) is 3.18. The number of alkyl halides is 1. The number of hydrogen-bond donors (Lipinski definition) is 0. The van der Waals surface area contributed by atoms with Gasteiger partial charge in [-0.05, 0) is 31.9 Å². The summed E-state index contributed by atoms with van der Waals surface area (Å²) in [6.07, 6.45) is 1.66. The lowest BCUT2D eigenvalue weighted by atomic mass is 10.0. The summed E-state index contributed by atoms with van der Waals surface area (Å²) in [4.78, 5) is 0. The summed E-state index contributed by atoms with van der Waals surface area (Å²) < 4.78 is 27.7. The minimum Gasteiger partial charge on any atom is -0.496 e. The summed E-state index contributed by atoms with van der Waals surface area (Å²) >= 11 is 6.29. The van der Waals surface area contributed by atoms with Crippen LogP contribution in [-0.2, 0) is 16.3 Å². The van der Waals surface area contributed by atoms with Gasteiger partial charge in [0, 0.05) is 6.26 Å². The Morgan fingerprint density at radius 2 is 1.89 bits per heavy atom. The van der Waals surface area contributed by atoms with Gasteiger partial charge < -0.3 is 4.74 Å². The first-order chi connectivity index (χ1) is 8.20. The Kier molecular flexibility index (Phi) is 4.67. The first-order valence-electron chi connectivity index (χ1n) is 5.65. The molecule has 1 atom stereocenters. The first kappa shape index (κ1) is 15.3. The lowest BCUT2D eigenvalue weighted by Crippen LogP contribution is -2.41. The minimum absolute atomic E-state index is 0.450. The van der Waals surface area contributed by atoms with Crippen LogP contribution in [0.5, 0.6) is 5.75 Å². The highest BCUT2D eigenvalue weighted by molar-refractivity contribution is 7.92. The first-order valence-corrected chi connectivity index (χ1v) is 7.98. The number of sulfone groups is 1. The Morgan fingerprint density at radius 1 is 1.33 bits per heavy atom. The Morgan fingerprint density at radius 3 is 2.39 bits per heavy atom. The van der Waals surface area contributed by atoms with Gasteiger partial charge in [-0.25, -0.2) is 8.42 Å². The lowest BCUT2D eigenvalue weighted by molar-refractivity contribution is 0.408. The summed E-state index contributed by atoms with van der Waals surface area (Å²) in [6, 6.07) is 7.49. The zero-order chi connectivity index (χ0) is 14.0. The molecular formula is C13H19ClO3S. The van der Waals surface area contributed by atoms with Crippen molar-refractivity contribution in [2.45, 2.75) is 30.4 Å². The number of ether oxygens (including phenoxy) is 1. The van der Waals surface area contributed by atoms with Crippen LogP contribution in [-0.4, -0.2) is 31.9 Å². The number of halogens is 1. The van der Waals surface area contributed by atoms with E-state index in [4.69, 9.17) is 16.3 Å². The Hall–Kier alpha value is -0.740. The number of hydrogen-bond acceptors (Lipinski definition) is 3. The van der Waals surface area contributed by atoms with Crippen LogP contribution in [0.2, 0.25) is 0 Å². The third-order valence-corrected chi connectivity index (χ3v) is 6.33. The Labute approximate surface area is 114 Å². The molecule has 0 aliphatic rings. The monoisotopic (exact) mass is 290 g/mol. The molecule has 102 valence electrons. The number of benzene rings is 1. The van der Waals surface area contributed by atoms with Crippen molar-refractivity contribution in [3.8, 4) is 5.75 Å². The second kappa shape index (κ2) is 5.49. The molecule has 0 fully saturated rings. The second-order valence-corrected chi connectivity index (χ2v) is 7.98. The van der Waals surface area contributed by atoms with Crippen LogP contribution in [0.1, 0.15) is 19.4 Å². The normalized spacial score (nSPS) is 14.3. The minimum atomic E-state index is -3.21. The van der Waals surface area contributed by atoms with Crippen molar-refractivity contribution in [3.63, 3.8) is 0 Å². The van der Waals surface area contributed by atoms with Crippen LogP contribution in [0.25, 0.3) is 0 Å². The maximum atomic E-state index is 11.7. The SMILES string of the molecule is COc1ccccc1CC(Cl)C(C)(C)S(C)(=O)=O. The van der Waals surface area contributed by atoms with Gasteiger partial charge in [-0.15, -0.1) is 11.6 Å². The zero-order valence-corrected chi connectivity index (χ0v) is 12.7. The molecule has 0 aromatic heterocycles. The van der Waals surface area contributed by atoms with Gasteiger partial charge in [0.2, 0.25) is 0 Å². The van der Waals surface area contributed by atoms with E-state index in [0.29, 0.717) is 6.42 Å².